The summed E-state index contributed by atoms with van der Waals surface area (Å²) in [6.45, 7) is 3.25. The molecule has 0 saturated carbocycles. The second-order valence-electron chi connectivity index (χ2n) is 7.57. The largest absolute Gasteiger partial charge is 0.486 e. The van der Waals surface area contributed by atoms with Gasteiger partial charge in [-0.15, -0.1) is 11.3 Å². The van der Waals surface area contributed by atoms with Crippen molar-refractivity contribution in [1.29, 1.82) is 0 Å². The van der Waals surface area contributed by atoms with Gasteiger partial charge in [-0.05, 0) is 47.8 Å². The van der Waals surface area contributed by atoms with E-state index in [4.69, 9.17) is 13.7 Å². The van der Waals surface area contributed by atoms with Crippen LogP contribution >= 0.6 is 11.3 Å². The van der Waals surface area contributed by atoms with Gasteiger partial charge in [-0.2, -0.15) is 4.98 Å². The van der Waals surface area contributed by atoms with Crippen molar-refractivity contribution < 1.29 is 22.9 Å². The van der Waals surface area contributed by atoms with E-state index in [2.05, 4.69) is 15.0 Å². The predicted octanol–water partition coefficient (Wildman–Crippen LogP) is 4.07. The first kappa shape index (κ1) is 21.4. The van der Waals surface area contributed by atoms with Gasteiger partial charge in [0.05, 0.1) is 11.4 Å². The number of nitrogens with zero attached hydrogens (tertiary/aromatic N) is 4. The van der Waals surface area contributed by atoms with Gasteiger partial charge in [-0.25, -0.2) is 4.39 Å². The zero-order valence-corrected chi connectivity index (χ0v) is 18.5. The van der Waals surface area contributed by atoms with Crippen LogP contribution in [0.25, 0.3) is 10.7 Å². The average Bonchev–Trinajstić information content (AvgIpc) is 3.60. The number of rotatable bonds is 7. The number of carbonyl (C=O) groups excluding carboxylic acids is 1. The summed E-state index contributed by atoms with van der Waals surface area (Å²) < 4.78 is 29.6. The van der Waals surface area contributed by atoms with E-state index in [1.807, 2.05) is 17.5 Å². The van der Waals surface area contributed by atoms with Gasteiger partial charge in [-0.3, -0.25) is 9.69 Å². The predicted molar refractivity (Wildman–Crippen MR) is 118 cm³/mol. The Balaban J connectivity index is 1.11. The topological polar surface area (TPSA) is 84.8 Å². The zero-order valence-electron chi connectivity index (χ0n) is 17.6. The molecule has 1 aromatic carbocycles. The Morgan fingerprint density at radius 1 is 1.09 bits per heavy atom. The first-order valence-electron chi connectivity index (χ1n) is 10.5. The molecule has 0 bridgehead atoms. The fourth-order valence-electron chi connectivity index (χ4n) is 3.54. The van der Waals surface area contributed by atoms with Crippen molar-refractivity contribution in [2.45, 2.75) is 13.2 Å². The molecule has 0 radical (unpaired) electrons. The molecule has 1 amide bonds. The maximum absolute atomic E-state index is 13.0. The second-order valence-corrected chi connectivity index (χ2v) is 8.51. The standard InChI is InChI=1S/C23H21FN4O4S/c24-16-3-5-17(6-4-16)30-15-18-7-8-19(31-18)23(29)28-11-9-27(10-12-28)14-21-25-22(26-32-21)20-2-1-13-33-20/h1-8,13H,9-12,14-15H2. The molecule has 33 heavy (non-hydrogen) atoms. The number of hydrogen-bond donors (Lipinski definition) is 0. The quantitative estimate of drug-likeness (QED) is 0.404. The molecule has 0 spiro atoms. The van der Waals surface area contributed by atoms with Crippen LogP contribution in [0, 0.1) is 5.82 Å². The summed E-state index contributed by atoms with van der Waals surface area (Å²) in [5.41, 5.74) is 0. The highest BCUT2D eigenvalue weighted by molar-refractivity contribution is 7.13. The van der Waals surface area contributed by atoms with Crippen LogP contribution in [0.15, 0.2) is 62.9 Å². The van der Waals surface area contributed by atoms with Crippen molar-refractivity contribution in [3.05, 3.63) is 77.1 Å². The summed E-state index contributed by atoms with van der Waals surface area (Å²) in [5, 5.41) is 6.02. The minimum absolute atomic E-state index is 0.152. The summed E-state index contributed by atoms with van der Waals surface area (Å²) in [4.78, 5) is 22.2. The molecule has 4 heterocycles. The van der Waals surface area contributed by atoms with Crippen molar-refractivity contribution in [1.82, 2.24) is 19.9 Å². The molecule has 0 aliphatic carbocycles. The number of ether oxygens (including phenoxy) is 1. The Morgan fingerprint density at radius 2 is 1.91 bits per heavy atom. The number of carbonyl (C=O) groups is 1. The smallest absolute Gasteiger partial charge is 0.289 e. The fraction of sp³-hybridized carbons (Fsp3) is 0.261. The van der Waals surface area contributed by atoms with E-state index in [1.165, 1.54) is 12.1 Å². The van der Waals surface area contributed by atoms with Crippen molar-refractivity contribution in [2.24, 2.45) is 0 Å². The molecule has 10 heteroatoms. The lowest BCUT2D eigenvalue weighted by Gasteiger charge is -2.33. The van der Waals surface area contributed by atoms with Gasteiger partial charge in [0.2, 0.25) is 11.7 Å². The van der Waals surface area contributed by atoms with E-state index in [0.717, 1.165) is 4.88 Å². The minimum atomic E-state index is -0.325. The summed E-state index contributed by atoms with van der Waals surface area (Å²) in [7, 11) is 0. The molecule has 1 aliphatic heterocycles. The molecule has 1 aliphatic rings. The molecule has 0 unspecified atom stereocenters. The molecule has 170 valence electrons. The Bertz CT molecular complexity index is 1200. The van der Waals surface area contributed by atoms with Gasteiger partial charge in [0.25, 0.3) is 5.91 Å². The van der Waals surface area contributed by atoms with Gasteiger partial charge in [0.15, 0.2) is 5.76 Å². The van der Waals surface area contributed by atoms with E-state index in [1.54, 1.807) is 40.5 Å². The second kappa shape index (κ2) is 9.55. The van der Waals surface area contributed by atoms with E-state index in [0.29, 0.717) is 55.9 Å². The van der Waals surface area contributed by atoms with Crippen molar-refractivity contribution in [3.63, 3.8) is 0 Å². The highest BCUT2D eigenvalue weighted by Gasteiger charge is 2.25. The van der Waals surface area contributed by atoms with E-state index in [-0.39, 0.29) is 24.1 Å². The Hall–Kier alpha value is -3.50. The Labute approximate surface area is 193 Å². The van der Waals surface area contributed by atoms with E-state index >= 15 is 0 Å². The van der Waals surface area contributed by atoms with E-state index in [9.17, 15) is 9.18 Å². The molecule has 8 nitrogen and oxygen atoms in total. The fourth-order valence-corrected chi connectivity index (χ4v) is 4.19. The van der Waals surface area contributed by atoms with Gasteiger partial charge in [-0.1, -0.05) is 11.2 Å². The molecule has 3 aromatic heterocycles. The number of hydrogen-bond acceptors (Lipinski definition) is 8. The molecule has 0 atom stereocenters. The summed E-state index contributed by atoms with van der Waals surface area (Å²) in [6, 6.07) is 13.0. The summed E-state index contributed by atoms with van der Waals surface area (Å²) in [6.07, 6.45) is 0. The molecule has 1 saturated heterocycles. The third-order valence-electron chi connectivity index (χ3n) is 5.30. The number of piperazine rings is 1. The molecule has 0 N–H and O–H groups in total. The van der Waals surface area contributed by atoms with Crippen LogP contribution in [0.1, 0.15) is 22.2 Å². The lowest BCUT2D eigenvalue weighted by molar-refractivity contribution is 0.0581. The van der Waals surface area contributed by atoms with Gasteiger partial charge >= 0.3 is 0 Å². The molecular formula is C23H21FN4O4S. The maximum Gasteiger partial charge on any atom is 0.289 e. The first-order chi connectivity index (χ1) is 16.1. The Kier molecular flexibility index (Phi) is 6.18. The van der Waals surface area contributed by atoms with Crippen molar-refractivity contribution >= 4 is 17.2 Å². The van der Waals surface area contributed by atoms with Gasteiger partial charge in [0.1, 0.15) is 23.9 Å². The maximum atomic E-state index is 13.0. The lowest BCUT2D eigenvalue weighted by Crippen LogP contribution is -2.48. The van der Waals surface area contributed by atoms with Crippen LogP contribution in [-0.4, -0.2) is 52.0 Å². The number of benzene rings is 1. The van der Waals surface area contributed by atoms with Crippen LogP contribution in [0.2, 0.25) is 0 Å². The molecular weight excluding hydrogens is 447 g/mol. The highest BCUT2D eigenvalue weighted by Crippen LogP contribution is 2.22. The summed E-state index contributed by atoms with van der Waals surface area (Å²) in [5.74, 6) is 2.02. The SMILES string of the molecule is O=C(c1ccc(COc2ccc(F)cc2)o1)N1CCN(Cc2nc(-c3cccs3)no2)CC1. The minimum Gasteiger partial charge on any atom is -0.486 e. The summed E-state index contributed by atoms with van der Waals surface area (Å²) >= 11 is 1.57. The van der Waals surface area contributed by atoms with Gasteiger partial charge < -0.3 is 18.6 Å². The molecule has 5 rings (SSSR count). The Morgan fingerprint density at radius 3 is 2.67 bits per heavy atom. The number of thiophene rings is 1. The molecule has 1 fully saturated rings. The monoisotopic (exact) mass is 468 g/mol. The van der Waals surface area contributed by atoms with Crippen LogP contribution in [0.3, 0.4) is 0 Å². The van der Waals surface area contributed by atoms with Crippen LogP contribution in [-0.2, 0) is 13.2 Å². The number of furan rings is 1. The van der Waals surface area contributed by atoms with Gasteiger partial charge in [0, 0.05) is 26.2 Å². The van der Waals surface area contributed by atoms with E-state index < -0.39 is 0 Å². The highest BCUT2D eigenvalue weighted by atomic mass is 32.1. The van der Waals surface area contributed by atoms with Crippen molar-refractivity contribution in [2.75, 3.05) is 26.2 Å². The zero-order chi connectivity index (χ0) is 22.6. The average molecular weight is 469 g/mol. The normalized spacial score (nSPS) is 14.5. The first-order valence-corrected chi connectivity index (χ1v) is 11.4. The number of halogens is 1. The lowest BCUT2D eigenvalue weighted by atomic mass is 10.3. The third kappa shape index (κ3) is 5.12. The van der Waals surface area contributed by atoms with Crippen LogP contribution in [0.4, 0.5) is 4.39 Å². The van der Waals surface area contributed by atoms with Crippen LogP contribution in [0.5, 0.6) is 5.75 Å². The molecule has 4 aromatic rings. The van der Waals surface area contributed by atoms with Crippen LogP contribution < -0.4 is 4.74 Å². The number of amides is 1. The van der Waals surface area contributed by atoms with Crippen molar-refractivity contribution in [3.8, 4) is 16.5 Å². The number of aromatic nitrogens is 2. The third-order valence-corrected chi connectivity index (χ3v) is 6.16.